The summed E-state index contributed by atoms with van der Waals surface area (Å²) in [6.07, 6.45) is 1.72. The van der Waals surface area contributed by atoms with E-state index in [1.54, 1.807) is 6.92 Å². The molecule has 0 spiro atoms. The molecule has 0 bridgehead atoms. The van der Waals surface area contributed by atoms with Crippen molar-refractivity contribution >= 4 is 17.4 Å². The Hall–Kier alpha value is -0.860. The minimum atomic E-state index is -0.527. The summed E-state index contributed by atoms with van der Waals surface area (Å²) in [7, 11) is 0. The number of benzene rings is 1. The van der Waals surface area contributed by atoms with Crippen LogP contribution in [0.4, 0.5) is 0 Å². The molecule has 0 heterocycles. The SMILES string of the molecule is [2H]c1c([2H])c(C(=O)C(NC(C)(CC)CC)C(C)C)c([2H])c(Cl)c1C. The molecule has 0 aliphatic rings. The molecular formula is C18H28ClNO. The maximum atomic E-state index is 13.1. The van der Waals surface area contributed by atoms with Crippen LogP contribution < -0.4 is 5.32 Å². The zero-order valence-electron chi connectivity index (χ0n) is 16.9. The highest BCUT2D eigenvalue weighted by Gasteiger charge is 2.30. The normalized spacial score (nSPS) is 15.5. The lowest BCUT2D eigenvalue weighted by molar-refractivity contribution is 0.0883. The van der Waals surface area contributed by atoms with Crippen molar-refractivity contribution in [1.82, 2.24) is 5.32 Å². The first-order chi connectivity index (χ1) is 11.0. The van der Waals surface area contributed by atoms with E-state index >= 15 is 0 Å². The van der Waals surface area contributed by atoms with Crippen LogP contribution in [0.15, 0.2) is 18.1 Å². The van der Waals surface area contributed by atoms with Gasteiger partial charge in [0.05, 0.1) is 10.2 Å². The molecule has 0 radical (unpaired) electrons. The quantitative estimate of drug-likeness (QED) is 0.716. The molecule has 1 rings (SSSR count). The minimum Gasteiger partial charge on any atom is -0.302 e. The highest BCUT2D eigenvalue weighted by atomic mass is 35.5. The average molecular weight is 313 g/mol. The van der Waals surface area contributed by atoms with Crippen molar-refractivity contribution in [3.05, 3.63) is 34.3 Å². The van der Waals surface area contributed by atoms with Crippen LogP contribution in [-0.4, -0.2) is 17.4 Å². The molecule has 1 aromatic carbocycles. The lowest BCUT2D eigenvalue weighted by atomic mass is 9.88. The molecule has 0 saturated carbocycles. The number of ketones is 1. The number of Topliss-reactive ketones (excluding diaryl/α,β-unsaturated/α-hetero) is 1. The van der Waals surface area contributed by atoms with Crippen LogP contribution in [0.3, 0.4) is 0 Å². The van der Waals surface area contributed by atoms with E-state index in [2.05, 4.69) is 26.1 Å². The third-order valence-electron chi connectivity index (χ3n) is 4.20. The second kappa shape index (κ2) is 7.42. The molecule has 0 aromatic heterocycles. The van der Waals surface area contributed by atoms with Gasteiger partial charge in [0.1, 0.15) is 0 Å². The Morgan fingerprint density at radius 2 is 1.95 bits per heavy atom. The maximum Gasteiger partial charge on any atom is 0.180 e. The minimum absolute atomic E-state index is 0.0111. The number of rotatable bonds is 7. The Kier molecular flexibility index (Phi) is 4.87. The lowest BCUT2D eigenvalue weighted by Crippen LogP contribution is -2.53. The van der Waals surface area contributed by atoms with Crippen LogP contribution >= 0.6 is 11.6 Å². The molecule has 0 aliphatic carbocycles. The van der Waals surface area contributed by atoms with Gasteiger partial charge in [-0.1, -0.05) is 51.4 Å². The number of hydrogen-bond acceptors (Lipinski definition) is 2. The third-order valence-corrected chi connectivity index (χ3v) is 4.58. The van der Waals surface area contributed by atoms with E-state index in [9.17, 15) is 4.79 Å². The van der Waals surface area contributed by atoms with Gasteiger partial charge in [0.25, 0.3) is 0 Å². The first kappa shape index (κ1) is 13.8. The van der Waals surface area contributed by atoms with Crippen molar-refractivity contribution in [3.63, 3.8) is 0 Å². The summed E-state index contributed by atoms with van der Waals surface area (Å²) in [6.45, 7) is 11.7. The monoisotopic (exact) mass is 312 g/mol. The van der Waals surface area contributed by atoms with Gasteiger partial charge in [0.2, 0.25) is 0 Å². The molecule has 118 valence electrons. The molecular weight excluding hydrogens is 282 g/mol. The Morgan fingerprint density at radius 1 is 1.38 bits per heavy atom. The van der Waals surface area contributed by atoms with Crippen molar-refractivity contribution in [2.45, 2.75) is 66.0 Å². The summed E-state index contributed by atoms with van der Waals surface area (Å²) in [5.41, 5.74) is 0.105. The first-order valence-corrected chi connectivity index (χ1v) is 7.96. The van der Waals surface area contributed by atoms with E-state index in [1.807, 2.05) is 13.8 Å². The third kappa shape index (κ3) is 4.55. The number of hydrogen-bond donors (Lipinski definition) is 1. The van der Waals surface area contributed by atoms with Gasteiger partial charge < -0.3 is 5.32 Å². The highest BCUT2D eigenvalue weighted by Crippen LogP contribution is 2.22. The summed E-state index contributed by atoms with van der Waals surface area (Å²) < 4.78 is 24.3. The van der Waals surface area contributed by atoms with Crippen molar-refractivity contribution in [2.24, 2.45) is 5.92 Å². The first-order valence-electron chi connectivity index (χ1n) is 9.08. The summed E-state index contributed by atoms with van der Waals surface area (Å²) in [5, 5.41) is 3.49. The zero-order chi connectivity index (χ0) is 18.8. The van der Waals surface area contributed by atoms with E-state index in [1.165, 1.54) is 0 Å². The summed E-state index contributed by atoms with van der Waals surface area (Å²) in [6, 6.07) is -0.978. The fraction of sp³-hybridized carbons (Fsp3) is 0.611. The summed E-state index contributed by atoms with van der Waals surface area (Å²) in [4.78, 5) is 13.1. The van der Waals surface area contributed by atoms with Crippen LogP contribution in [0, 0.1) is 12.8 Å². The van der Waals surface area contributed by atoms with Crippen molar-refractivity contribution in [1.29, 1.82) is 0 Å². The Bertz CT molecular complexity index is 598. The van der Waals surface area contributed by atoms with Gasteiger partial charge in [-0.2, -0.15) is 0 Å². The van der Waals surface area contributed by atoms with Crippen LogP contribution in [0.2, 0.25) is 5.02 Å². The van der Waals surface area contributed by atoms with E-state index in [4.69, 9.17) is 15.7 Å². The largest absolute Gasteiger partial charge is 0.302 e. The topological polar surface area (TPSA) is 29.1 Å². The standard InChI is InChI=1S/C18H28ClNO/c1-7-18(6,8-2)20-16(12(3)4)17(21)14-10-9-13(5)15(19)11-14/h9-12,16,20H,7-8H2,1-6H3/i9D,10D,11D. The van der Waals surface area contributed by atoms with E-state index in [0.717, 1.165) is 12.8 Å². The number of halogens is 1. The molecule has 1 atom stereocenters. The van der Waals surface area contributed by atoms with Crippen LogP contribution in [-0.2, 0) is 0 Å². The predicted octanol–water partition coefficient (Wildman–Crippen LogP) is 5.02. The molecule has 0 amide bonds. The molecule has 0 fully saturated rings. The zero-order valence-corrected chi connectivity index (χ0v) is 14.6. The van der Waals surface area contributed by atoms with E-state index in [0.29, 0.717) is 5.56 Å². The molecule has 0 saturated heterocycles. The second-order valence-electron chi connectivity index (χ2n) is 6.19. The molecule has 2 nitrogen and oxygen atoms in total. The van der Waals surface area contributed by atoms with Gasteiger partial charge in [0, 0.05) is 16.1 Å². The molecule has 0 aliphatic heterocycles. The van der Waals surface area contributed by atoms with Gasteiger partial charge >= 0.3 is 0 Å². The number of carbonyl (C=O) groups is 1. The summed E-state index contributed by atoms with van der Waals surface area (Å²) >= 11 is 6.11. The van der Waals surface area contributed by atoms with Crippen LogP contribution in [0.1, 0.15) is 67.5 Å². The average Bonchev–Trinajstić information content (AvgIpc) is 2.55. The number of nitrogens with one attached hydrogen (secondary N) is 1. The number of carbonyl (C=O) groups excluding carboxylic acids is 1. The molecule has 21 heavy (non-hydrogen) atoms. The second-order valence-corrected chi connectivity index (χ2v) is 6.56. The Balaban J connectivity index is 3.42. The van der Waals surface area contributed by atoms with Gasteiger partial charge in [0.15, 0.2) is 5.78 Å². The Morgan fingerprint density at radius 3 is 2.43 bits per heavy atom. The molecule has 3 heteroatoms. The predicted molar refractivity (Wildman–Crippen MR) is 91.3 cm³/mol. The lowest BCUT2D eigenvalue weighted by Gasteiger charge is -2.35. The summed E-state index contributed by atoms with van der Waals surface area (Å²) in [5.74, 6) is -0.341. The van der Waals surface area contributed by atoms with Crippen molar-refractivity contribution in [3.8, 4) is 0 Å². The molecule has 1 aromatic rings. The van der Waals surface area contributed by atoms with Crippen LogP contribution in [0.5, 0.6) is 0 Å². The van der Waals surface area contributed by atoms with Crippen molar-refractivity contribution < 1.29 is 8.91 Å². The fourth-order valence-corrected chi connectivity index (χ4v) is 2.23. The highest BCUT2D eigenvalue weighted by molar-refractivity contribution is 6.31. The Labute approximate surface area is 138 Å². The molecule has 1 unspecified atom stereocenters. The van der Waals surface area contributed by atoms with Gasteiger partial charge in [-0.05, 0) is 44.2 Å². The van der Waals surface area contributed by atoms with Gasteiger partial charge in [-0.25, -0.2) is 0 Å². The molecule has 1 N–H and O–H groups in total. The van der Waals surface area contributed by atoms with E-state index < -0.39 is 6.04 Å². The van der Waals surface area contributed by atoms with Gasteiger partial charge in [-0.15, -0.1) is 0 Å². The van der Waals surface area contributed by atoms with Crippen LogP contribution in [0.25, 0.3) is 0 Å². The fourth-order valence-electron chi connectivity index (χ4n) is 2.09. The maximum absolute atomic E-state index is 13.1. The van der Waals surface area contributed by atoms with Gasteiger partial charge in [-0.3, -0.25) is 4.79 Å². The van der Waals surface area contributed by atoms with Crippen molar-refractivity contribution in [2.75, 3.05) is 0 Å². The smallest absolute Gasteiger partial charge is 0.180 e. The van der Waals surface area contributed by atoms with E-state index in [-0.39, 0.29) is 46.0 Å².